The molecule has 0 saturated carbocycles. The molecule has 0 radical (unpaired) electrons. The Morgan fingerprint density at radius 3 is 2.71 bits per heavy atom. The number of aromatic carboxylic acids is 1. The molecule has 0 unspecified atom stereocenters. The number of fused-ring (bicyclic) bond motifs is 1. The number of amides is 1. The van der Waals surface area contributed by atoms with Gasteiger partial charge in [0.2, 0.25) is 5.91 Å². The average Bonchev–Trinajstić information content (AvgIpc) is 2.57. The molecule has 1 amide bonds. The second-order valence-corrected chi connectivity index (χ2v) is 6.40. The van der Waals surface area contributed by atoms with Gasteiger partial charge in [-0.1, -0.05) is 0 Å². The lowest BCUT2D eigenvalue weighted by molar-refractivity contribution is -0.116. The number of carboxylic acid groups (broad SMARTS) is 1. The standard InChI is InChI=1S/C11H14N2O3S/c1-6(14)13-5-11(2,3)17-7-4-12-8(9(7)13)10(15)16/h4,12H,5H2,1-3H3,(H,15,16). The lowest BCUT2D eigenvalue weighted by Crippen LogP contribution is -2.43. The van der Waals surface area contributed by atoms with Crippen molar-refractivity contribution in [2.45, 2.75) is 30.4 Å². The van der Waals surface area contributed by atoms with E-state index in [4.69, 9.17) is 5.11 Å². The molecule has 0 atom stereocenters. The van der Waals surface area contributed by atoms with Crippen molar-refractivity contribution in [3.05, 3.63) is 11.9 Å². The summed E-state index contributed by atoms with van der Waals surface area (Å²) in [4.78, 5) is 27.8. The monoisotopic (exact) mass is 254 g/mol. The quantitative estimate of drug-likeness (QED) is 0.803. The zero-order valence-electron chi connectivity index (χ0n) is 9.90. The van der Waals surface area contributed by atoms with E-state index < -0.39 is 5.97 Å². The van der Waals surface area contributed by atoms with Crippen molar-refractivity contribution >= 4 is 29.3 Å². The zero-order chi connectivity index (χ0) is 12.8. The van der Waals surface area contributed by atoms with E-state index in [1.165, 1.54) is 11.8 Å². The van der Waals surface area contributed by atoms with Crippen molar-refractivity contribution in [1.82, 2.24) is 4.98 Å². The van der Waals surface area contributed by atoms with E-state index in [1.54, 1.807) is 18.0 Å². The molecule has 2 heterocycles. The molecule has 0 fully saturated rings. The van der Waals surface area contributed by atoms with Gasteiger partial charge in [0, 0.05) is 24.4 Å². The van der Waals surface area contributed by atoms with Crippen molar-refractivity contribution in [3.63, 3.8) is 0 Å². The SMILES string of the molecule is CC(=O)N1CC(C)(C)Sc2c[nH]c(C(=O)O)c21. The molecule has 92 valence electrons. The predicted octanol–water partition coefficient (Wildman–Crippen LogP) is 1.95. The van der Waals surface area contributed by atoms with Crippen molar-refractivity contribution in [3.8, 4) is 0 Å². The molecule has 0 spiro atoms. The second kappa shape index (κ2) is 3.80. The Kier molecular flexibility index (Phi) is 2.69. The molecule has 5 nitrogen and oxygen atoms in total. The average molecular weight is 254 g/mol. The van der Waals surface area contributed by atoms with E-state index in [2.05, 4.69) is 4.98 Å². The molecular formula is C11H14N2O3S. The van der Waals surface area contributed by atoms with Crippen LogP contribution in [0.15, 0.2) is 11.1 Å². The molecule has 0 bridgehead atoms. The number of nitrogens with one attached hydrogen (secondary N) is 1. The van der Waals surface area contributed by atoms with Crippen molar-refractivity contribution in [2.24, 2.45) is 0 Å². The first-order chi connectivity index (χ1) is 7.82. The van der Waals surface area contributed by atoms with Crippen LogP contribution in [0, 0.1) is 0 Å². The number of hydrogen-bond donors (Lipinski definition) is 2. The Morgan fingerprint density at radius 2 is 2.18 bits per heavy atom. The van der Waals surface area contributed by atoms with Gasteiger partial charge in [-0.3, -0.25) is 4.79 Å². The van der Waals surface area contributed by atoms with Crippen molar-refractivity contribution < 1.29 is 14.7 Å². The number of carboxylic acids is 1. The van der Waals surface area contributed by atoms with E-state index in [0.717, 1.165) is 4.90 Å². The predicted molar refractivity (Wildman–Crippen MR) is 65.7 cm³/mol. The summed E-state index contributed by atoms with van der Waals surface area (Å²) in [5.74, 6) is -1.18. The van der Waals surface area contributed by atoms with E-state index in [9.17, 15) is 9.59 Å². The van der Waals surface area contributed by atoms with Crippen LogP contribution < -0.4 is 4.90 Å². The number of aromatic amines is 1. The number of hydrogen-bond acceptors (Lipinski definition) is 3. The summed E-state index contributed by atoms with van der Waals surface area (Å²) >= 11 is 1.59. The lowest BCUT2D eigenvalue weighted by atomic mass is 10.1. The summed E-state index contributed by atoms with van der Waals surface area (Å²) in [6.07, 6.45) is 1.65. The van der Waals surface area contributed by atoms with Crippen LogP contribution >= 0.6 is 11.8 Å². The zero-order valence-corrected chi connectivity index (χ0v) is 10.7. The van der Waals surface area contributed by atoms with Crippen LogP contribution in [0.2, 0.25) is 0 Å². The van der Waals surface area contributed by atoms with Crippen molar-refractivity contribution in [2.75, 3.05) is 11.4 Å². The van der Waals surface area contributed by atoms with Gasteiger partial charge >= 0.3 is 5.97 Å². The maximum absolute atomic E-state index is 11.6. The first-order valence-corrected chi connectivity index (χ1v) is 6.05. The maximum Gasteiger partial charge on any atom is 0.354 e. The largest absolute Gasteiger partial charge is 0.477 e. The molecule has 1 aromatic heterocycles. The molecule has 2 rings (SSSR count). The fourth-order valence-electron chi connectivity index (χ4n) is 1.96. The lowest BCUT2D eigenvalue weighted by Gasteiger charge is -2.37. The molecule has 17 heavy (non-hydrogen) atoms. The Labute approximate surface area is 103 Å². The highest BCUT2D eigenvalue weighted by molar-refractivity contribution is 8.01. The number of carbonyl (C=O) groups excluding carboxylic acids is 1. The number of nitrogens with zero attached hydrogens (tertiary/aromatic N) is 1. The molecule has 1 aliphatic heterocycles. The highest BCUT2D eigenvalue weighted by Gasteiger charge is 2.36. The van der Waals surface area contributed by atoms with Gasteiger partial charge in [0.25, 0.3) is 0 Å². The Bertz CT molecular complexity index is 493. The number of H-pyrrole nitrogens is 1. The third-order valence-corrected chi connectivity index (χ3v) is 3.82. The summed E-state index contributed by atoms with van der Waals surface area (Å²) in [6, 6.07) is 0. The summed E-state index contributed by atoms with van der Waals surface area (Å²) < 4.78 is -0.114. The summed E-state index contributed by atoms with van der Waals surface area (Å²) in [5.41, 5.74) is 0.576. The topological polar surface area (TPSA) is 73.4 Å². The smallest absolute Gasteiger partial charge is 0.354 e. The van der Waals surface area contributed by atoms with Gasteiger partial charge in [-0.2, -0.15) is 0 Å². The van der Waals surface area contributed by atoms with Crippen LogP contribution in [0.5, 0.6) is 0 Å². The minimum absolute atomic E-state index is 0.0817. The number of carbonyl (C=O) groups is 2. The van der Waals surface area contributed by atoms with Gasteiger partial charge < -0.3 is 15.0 Å². The van der Waals surface area contributed by atoms with Gasteiger partial charge in [-0.15, -0.1) is 11.8 Å². The first kappa shape index (κ1) is 12.0. The number of rotatable bonds is 1. The summed E-state index contributed by atoms with van der Waals surface area (Å²) in [5, 5.41) is 9.08. The van der Waals surface area contributed by atoms with Crippen LogP contribution in [0.1, 0.15) is 31.3 Å². The van der Waals surface area contributed by atoms with E-state index in [-0.39, 0.29) is 16.3 Å². The van der Waals surface area contributed by atoms with Crippen LogP contribution in [-0.2, 0) is 4.79 Å². The minimum atomic E-state index is -1.04. The van der Waals surface area contributed by atoms with Gasteiger partial charge in [0.15, 0.2) is 0 Å². The highest BCUT2D eigenvalue weighted by Crippen LogP contribution is 2.45. The molecule has 6 heteroatoms. The Balaban J connectivity index is 2.56. The Morgan fingerprint density at radius 1 is 1.53 bits per heavy atom. The van der Waals surface area contributed by atoms with E-state index in [1.807, 2.05) is 13.8 Å². The van der Waals surface area contributed by atoms with Crippen molar-refractivity contribution in [1.29, 1.82) is 0 Å². The number of anilines is 1. The van der Waals surface area contributed by atoms with E-state index >= 15 is 0 Å². The number of aromatic nitrogens is 1. The van der Waals surface area contributed by atoms with Gasteiger partial charge in [0.1, 0.15) is 5.69 Å². The normalized spacial score (nSPS) is 17.7. The molecule has 2 N–H and O–H groups in total. The summed E-state index contributed by atoms with van der Waals surface area (Å²) in [7, 11) is 0. The molecule has 0 aliphatic carbocycles. The fraction of sp³-hybridized carbons (Fsp3) is 0.455. The van der Waals surface area contributed by atoms with Crippen LogP contribution in [-0.4, -0.2) is 33.3 Å². The van der Waals surface area contributed by atoms with Crippen LogP contribution in [0.25, 0.3) is 0 Å². The minimum Gasteiger partial charge on any atom is -0.477 e. The van der Waals surface area contributed by atoms with Crippen LogP contribution in [0.3, 0.4) is 0 Å². The molecule has 1 aliphatic rings. The summed E-state index contributed by atoms with van der Waals surface area (Å²) in [6.45, 7) is 6.03. The molecular weight excluding hydrogens is 240 g/mol. The Hall–Kier alpha value is -1.43. The molecule has 0 aromatic carbocycles. The maximum atomic E-state index is 11.6. The third-order valence-electron chi connectivity index (χ3n) is 2.61. The fourth-order valence-corrected chi connectivity index (χ4v) is 3.18. The van der Waals surface area contributed by atoms with Gasteiger partial charge in [0.05, 0.1) is 10.6 Å². The molecule has 0 saturated heterocycles. The first-order valence-electron chi connectivity index (χ1n) is 5.23. The van der Waals surface area contributed by atoms with E-state index in [0.29, 0.717) is 12.2 Å². The second-order valence-electron chi connectivity index (χ2n) is 4.65. The molecule has 1 aromatic rings. The highest BCUT2D eigenvalue weighted by atomic mass is 32.2. The van der Waals surface area contributed by atoms with Gasteiger partial charge in [-0.25, -0.2) is 4.79 Å². The van der Waals surface area contributed by atoms with Gasteiger partial charge in [-0.05, 0) is 13.8 Å². The van der Waals surface area contributed by atoms with Crippen LogP contribution in [0.4, 0.5) is 5.69 Å². The third kappa shape index (κ3) is 2.04. The number of thioether (sulfide) groups is 1.